The number of carbonyl (C=O) groups is 1. The molecule has 0 amide bonds. The van der Waals surface area contributed by atoms with Crippen molar-refractivity contribution in [3.63, 3.8) is 0 Å². The lowest BCUT2D eigenvalue weighted by atomic mass is 10.0. The number of furan rings is 1. The maximum Gasteiger partial charge on any atom is 0.374 e. The van der Waals surface area contributed by atoms with E-state index in [0.29, 0.717) is 12.6 Å². The number of halogens is 1. The minimum Gasteiger partial charge on any atom is -0.460 e. The van der Waals surface area contributed by atoms with Crippen LogP contribution >= 0.6 is 12.4 Å². The number of carbonyl (C=O) groups excluding carboxylic acids is 1. The molecular formula is C14H22ClNO3. The summed E-state index contributed by atoms with van der Waals surface area (Å²) in [4.78, 5) is 14.0. The maximum atomic E-state index is 11.5. The number of esters is 1. The van der Waals surface area contributed by atoms with Crippen LogP contribution in [0, 0.1) is 0 Å². The van der Waals surface area contributed by atoms with Gasteiger partial charge < -0.3 is 14.1 Å². The Balaban J connectivity index is 0.00000180. The molecule has 5 heteroatoms. The molecule has 0 bridgehead atoms. The Kier molecular flexibility index (Phi) is 6.95. The van der Waals surface area contributed by atoms with E-state index in [1.165, 1.54) is 32.1 Å². The molecule has 1 aliphatic rings. The smallest absolute Gasteiger partial charge is 0.374 e. The molecule has 19 heavy (non-hydrogen) atoms. The van der Waals surface area contributed by atoms with Crippen molar-refractivity contribution in [1.82, 2.24) is 4.90 Å². The van der Waals surface area contributed by atoms with Gasteiger partial charge in [0.15, 0.2) is 0 Å². The Morgan fingerprint density at radius 1 is 1.53 bits per heavy atom. The third kappa shape index (κ3) is 4.88. The van der Waals surface area contributed by atoms with Gasteiger partial charge in [0.25, 0.3) is 0 Å². The summed E-state index contributed by atoms with van der Waals surface area (Å²) in [6.45, 7) is 4.91. The van der Waals surface area contributed by atoms with Crippen molar-refractivity contribution in [3.05, 3.63) is 24.2 Å². The lowest BCUT2D eigenvalue weighted by Crippen LogP contribution is -2.38. The molecule has 4 nitrogen and oxygen atoms in total. The van der Waals surface area contributed by atoms with E-state index < -0.39 is 0 Å². The highest BCUT2D eigenvalue weighted by Crippen LogP contribution is 2.16. The molecule has 0 aromatic carbocycles. The third-order valence-electron chi connectivity index (χ3n) is 3.49. The van der Waals surface area contributed by atoms with Crippen molar-refractivity contribution in [3.8, 4) is 0 Å². The highest BCUT2D eigenvalue weighted by Gasteiger charge is 2.17. The van der Waals surface area contributed by atoms with Crippen LogP contribution in [0.1, 0.15) is 43.2 Å². The predicted octanol–water partition coefficient (Wildman–Crippen LogP) is 3.12. The molecule has 1 aliphatic heterocycles. The van der Waals surface area contributed by atoms with E-state index in [2.05, 4.69) is 11.8 Å². The highest BCUT2D eigenvalue weighted by atomic mass is 35.5. The molecule has 2 heterocycles. The molecule has 1 atom stereocenters. The van der Waals surface area contributed by atoms with Gasteiger partial charge in [-0.15, -0.1) is 12.4 Å². The number of hydrogen-bond acceptors (Lipinski definition) is 4. The lowest BCUT2D eigenvalue weighted by molar-refractivity contribution is 0.0440. The molecule has 0 radical (unpaired) electrons. The second kappa shape index (κ2) is 8.23. The fourth-order valence-electron chi connectivity index (χ4n) is 2.39. The van der Waals surface area contributed by atoms with E-state index in [0.717, 1.165) is 13.0 Å². The minimum atomic E-state index is -0.369. The molecule has 1 aromatic heterocycles. The summed E-state index contributed by atoms with van der Waals surface area (Å²) in [5.74, 6) is -0.0898. The van der Waals surface area contributed by atoms with Crippen LogP contribution in [0.15, 0.2) is 22.8 Å². The SMILES string of the molecule is CC1CCCCN1CCCOC(=O)c1ccco1.Cl. The third-order valence-corrected chi connectivity index (χ3v) is 3.49. The van der Waals surface area contributed by atoms with E-state index in [9.17, 15) is 4.79 Å². The molecule has 2 rings (SSSR count). The van der Waals surface area contributed by atoms with Crippen LogP contribution in [-0.2, 0) is 4.74 Å². The van der Waals surface area contributed by atoms with E-state index >= 15 is 0 Å². The normalized spacial score (nSPS) is 19.7. The molecule has 1 fully saturated rings. The molecular weight excluding hydrogens is 266 g/mol. The lowest BCUT2D eigenvalue weighted by Gasteiger charge is -2.33. The molecule has 1 saturated heterocycles. The van der Waals surface area contributed by atoms with Gasteiger partial charge in [-0.1, -0.05) is 6.42 Å². The van der Waals surface area contributed by atoms with Crippen LogP contribution < -0.4 is 0 Å². The van der Waals surface area contributed by atoms with Crippen LogP contribution in [0.2, 0.25) is 0 Å². The molecule has 108 valence electrons. The first-order valence-electron chi connectivity index (χ1n) is 6.72. The van der Waals surface area contributed by atoms with Gasteiger partial charge >= 0.3 is 5.97 Å². The van der Waals surface area contributed by atoms with Crippen molar-refractivity contribution < 1.29 is 13.9 Å². The van der Waals surface area contributed by atoms with E-state index in [1.807, 2.05) is 0 Å². The van der Waals surface area contributed by atoms with Gasteiger partial charge in [0.2, 0.25) is 5.76 Å². The monoisotopic (exact) mass is 287 g/mol. The second-order valence-electron chi connectivity index (χ2n) is 4.85. The van der Waals surface area contributed by atoms with Gasteiger partial charge in [0.1, 0.15) is 0 Å². The number of piperidine rings is 1. The summed E-state index contributed by atoms with van der Waals surface area (Å²) in [6, 6.07) is 3.97. The van der Waals surface area contributed by atoms with Crippen molar-refractivity contribution >= 4 is 18.4 Å². The Morgan fingerprint density at radius 3 is 3.05 bits per heavy atom. The number of ether oxygens (including phenoxy) is 1. The topological polar surface area (TPSA) is 42.7 Å². The molecule has 0 spiro atoms. The number of rotatable bonds is 5. The number of likely N-dealkylation sites (tertiary alicyclic amines) is 1. The number of nitrogens with zero attached hydrogens (tertiary/aromatic N) is 1. The highest BCUT2D eigenvalue weighted by molar-refractivity contribution is 5.86. The van der Waals surface area contributed by atoms with Gasteiger partial charge in [0, 0.05) is 12.6 Å². The minimum absolute atomic E-state index is 0. The van der Waals surface area contributed by atoms with Gasteiger partial charge in [-0.3, -0.25) is 0 Å². The number of hydrogen-bond donors (Lipinski definition) is 0. The molecule has 0 N–H and O–H groups in total. The molecule has 1 aromatic rings. The fraction of sp³-hybridized carbons (Fsp3) is 0.643. The average Bonchev–Trinajstić information content (AvgIpc) is 2.90. The van der Waals surface area contributed by atoms with E-state index in [-0.39, 0.29) is 24.1 Å². The summed E-state index contributed by atoms with van der Waals surface area (Å²) in [5.41, 5.74) is 0. The van der Waals surface area contributed by atoms with Crippen molar-refractivity contribution in [2.24, 2.45) is 0 Å². The van der Waals surface area contributed by atoms with Crippen molar-refractivity contribution in [1.29, 1.82) is 0 Å². The van der Waals surface area contributed by atoms with Crippen molar-refractivity contribution in [2.75, 3.05) is 19.7 Å². The predicted molar refractivity (Wildman–Crippen MR) is 75.7 cm³/mol. The van der Waals surface area contributed by atoms with E-state index in [1.54, 1.807) is 12.1 Å². The molecule has 1 unspecified atom stereocenters. The van der Waals surface area contributed by atoms with Gasteiger partial charge in [-0.05, 0) is 44.9 Å². The van der Waals surface area contributed by atoms with Gasteiger partial charge in [0.05, 0.1) is 12.9 Å². The zero-order valence-electron chi connectivity index (χ0n) is 11.3. The Bertz CT molecular complexity index is 367. The second-order valence-corrected chi connectivity index (χ2v) is 4.85. The van der Waals surface area contributed by atoms with Crippen LogP contribution in [0.5, 0.6) is 0 Å². The van der Waals surface area contributed by atoms with Gasteiger partial charge in [-0.25, -0.2) is 4.79 Å². The molecule has 0 aliphatic carbocycles. The first kappa shape index (κ1) is 16.1. The Labute approximate surface area is 120 Å². The van der Waals surface area contributed by atoms with E-state index in [4.69, 9.17) is 9.15 Å². The quantitative estimate of drug-likeness (QED) is 0.616. The first-order valence-corrected chi connectivity index (χ1v) is 6.72. The standard InChI is InChI=1S/C14H21NO3.ClH/c1-12-6-2-3-8-15(12)9-5-11-18-14(16)13-7-4-10-17-13;/h4,7,10,12H,2-3,5-6,8-9,11H2,1H3;1H. The van der Waals surface area contributed by atoms with Crippen LogP contribution in [0.25, 0.3) is 0 Å². The van der Waals surface area contributed by atoms with Crippen LogP contribution in [0.3, 0.4) is 0 Å². The van der Waals surface area contributed by atoms with Crippen molar-refractivity contribution in [2.45, 2.75) is 38.6 Å². The van der Waals surface area contributed by atoms with Gasteiger partial charge in [-0.2, -0.15) is 0 Å². The van der Waals surface area contributed by atoms with Crippen LogP contribution in [-0.4, -0.2) is 36.6 Å². The average molecular weight is 288 g/mol. The Hall–Kier alpha value is -1.00. The molecule has 0 saturated carbocycles. The van der Waals surface area contributed by atoms with Crippen LogP contribution in [0.4, 0.5) is 0 Å². The summed E-state index contributed by atoms with van der Waals surface area (Å²) in [6.07, 6.45) is 6.27. The summed E-state index contributed by atoms with van der Waals surface area (Å²) < 4.78 is 10.1. The first-order chi connectivity index (χ1) is 8.77. The zero-order valence-corrected chi connectivity index (χ0v) is 12.2. The summed E-state index contributed by atoms with van der Waals surface area (Å²) in [5, 5.41) is 0. The largest absolute Gasteiger partial charge is 0.460 e. The maximum absolute atomic E-state index is 11.5. The zero-order chi connectivity index (χ0) is 12.8. The summed E-state index contributed by atoms with van der Waals surface area (Å²) in [7, 11) is 0. The Morgan fingerprint density at radius 2 is 2.37 bits per heavy atom. The fourth-order valence-corrected chi connectivity index (χ4v) is 2.39. The summed E-state index contributed by atoms with van der Waals surface area (Å²) >= 11 is 0.